The predicted octanol–water partition coefficient (Wildman–Crippen LogP) is 2.38. The van der Waals surface area contributed by atoms with Crippen molar-refractivity contribution in [1.82, 2.24) is 9.38 Å². The smallest absolute Gasteiger partial charge is 0.199 e. The molecule has 0 N–H and O–H groups in total. The molecule has 0 saturated carbocycles. The molecule has 12 heavy (non-hydrogen) atoms. The van der Waals surface area contributed by atoms with Gasteiger partial charge in [-0.3, -0.25) is 4.40 Å². The van der Waals surface area contributed by atoms with Gasteiger partial charge in [-0.2, -0.15) is 4.39 Å². The summed E-state index contributed by atoms with van der Waals surface area (Å²) in [7, 11) is 0. The van der Waals surface area contributed by atoms with Crippen LogP contribution in [0.3, 0.4) is 0 Å². The first-order valence-electron chi connectivity index (χ1n) is 3.17. The number of hydrogen-bond donors (Lipinski definition) is 0. The Morgan fingerprint density at radius 1 is 1.33 bits per heavy atom. The van der Waals surface area contributed by atoms with Crippen LogP contribution in [0.1, 0.15) is 0 Å². The van der Waals surface area contributed by atoms with E-state index in [1.54, 1.807) is 0 Å². The van der Waals surface area contributed by atoms with E-state index in [4.69, 9.17) is 0 Å². The maximum Gasteiger partial charge on any atom is 0.199 e. The van der Waals surface area contributed by atoms with E-state index < -0.39 is 11.8 Å². The molecule has 0 unspecified atom stereocenters. The first-order valence-corrected chi connectivity index (χ1v) is 3.96. The highest BCUT2D eigenvalue weighted by atomic mass is 79.9. The van der Waals surface area contributed by atoms with Gasteiger partial charge in [-0.1, -0.05) is 0 Å². The van der Waals surface area contributed by atoms with Crippen LogP contribution in [0, 0.1) is 11.8 Å². The number of rotatable bonds is 0. The summed E-state index contributed by atoms with van der Waals surface area (Å²) >= 11 is 3.03. The Morgan fingerprint density at radius 3 is 2.75 bits per heavy atom. The highest BCUT2D eigenvalue weighted by Crippen LogP contribution is 2.15. The van der Waals surface area contributed by atoms with Crippen molar-refractivity contribution in [3.63, 3.8) is 0 Å². The van der Waals surface area contributed by atoms with Crippen molar-refractivity contribution in [1.29, 1.82) is 0 Å². The Morgan fingerprint density at radius 2 is 2.08 bits per heavy atom. The molecule has 0 aliphatic carbocycles. The summed E-state index contributed by atoms with van der Waals surface area (Å²) in [4.78, 5) is 3.74. The van der Waals surface area contributed by atoms with Gasteiger partial charge in [0, 0.05) is 6.20 Å². The van der Waals surface area contributed by atoms with Gasteiger partial charge in [0.25, 0.3) is 0 Å². The molecule has 0 radical (unpaired) electrons. The number of pyridine rings is 1. The van der Waals surface area contributed by atoms with Gasteiger partial charge in [-0.25, -0.2) is 9.37 Å². The van der Waals surface area contributed by atoms with E-state index in [9.17, 15) is 8.78 Å². The normalized spacial score (nSPS) is 10.9. The summed E-state index contributed by atoms with van der Waals surface area (Å²) in [5.74, 6) is -1.08. The third-order valence-corrected chi connectivity index (χ3v) is 1.87. The molecule has 2 aromatic rings. The van der Waals surface area contributed by atoms with Crippen LogP contribution in [0.2, 0.25) is 0 Å². The number of imidazole rings is 1. The van der Waals surface area contributed by atoms with Crippen LogP contribution in [0.25, 0.3) is 5.65 Å². The maximum absolute atomic E-state index is 12.9. The fourth-order valence-electron chi connectivity index (χ4n) is 0.980. The fourth-order valence-corrected chi connectivity index (χ4v) is 1.35. The molecule has 0 atom stereocenters. The average molecular weight is 233 g/mol. The Kier molecular flexibility index (Phi) is 1.61. The SMILES string of the molecule is Fc1ccc(F)n2cc(Br)nc12. The van der Waals surface area contributed by atoms with E-state index in [0.29, 0.717) is 4.60 Å². The van der Waals surface area contributed by atoms with Crippen molar-refractivity contribution in [2.45, 2.75) is 0 Å². The molecule has 0 aliphatic heterocycles. The second-order valence-electron chi connectivity index (χ2n) is 2.26. The van der Waals surface area contributed by atoms with Gasteiger partial charge in [-0.15, -0.1) is 0 Å². The molecule has 5 heteroatoms. The van der Waals surface area contributed by atoms with E-state index in [0.717, 1.165) is 16.5 Å². The highest BCUT2D eigenvalue weighted by molar-refractivity contribution is 9.10. The Balaban J connectivity index is 2.93. The highest BCUT2D eigenvalue weighted by Gasteiger charge is 2.07. The van der Waals surface area contributed by atoms with Crippen molar-refractivity contribution < 1.29 is 8.78 Å². The van der Waals surface area contributed by atoms with Gasteiger partial charge >= 0.3 is 0 Å². The molecule has 0 saturated heterocycles. The summed E-state index contributed by atoms with van der Waals surface area (Å²) in [6.07, 6.45) is 1.37. The van der Waals surface area contributed by atoms with Crippen molar-refractivity contribution in [2.24, 2.45) is 0 Å². The monoisotopic (exact) mass is 232 g/mol. The van der Waals surface area contributed by atoms with Crippen molar-refractivity contribution in [2.75, 3.05) is 0 Å². The predicted molar refractivity (Wildman–Crippen MR) is 42.8 cm³/mol. The fraction of sp³-hybridized carbons (Fsp3) is 0. The molecule has 62 valence electrons. The molecule has 2 heterocycles. The lowest BCUT2D eigenvalue weighted by Gasteiger charge is -1.94. The van der Waals surface area contributed by atoms with Gasteiger partial charge in [0.15, 0.2) is 17.4 Å². The molecule has 0 aliphatic rings. The van der Waals surface area contributed by atoms with Crippen LogP contribution in [0.4, 0.5) is 8.78 Å². The van der Waals surface area contributed by atoms with E-state index in [2.05, 4.69) is 20.9 Å². The zero-order valence-corrected chi connectivity index (χ0v) is 7.35. The molecule has 0 aromatic carbocycles. The van der Waals surface area contributed by atoms with E-state index in [-0.39, 0.29) is 5.65 Å². The minimum Gasteiger partial charge on any atom is -0.272 e. The molecule has 0 spiro atoms. The van der Waals surface area contributed by atoms with E-state index in [1.165, 1.54) is 6.20 Å². The number of fused-ring (bicyclic) bond motifs is 1. The quantitative estimate of drug-likeness (QED) is 0.638. The zero-order valence-electron chi connectivity index (χ0n) is 5.76. The van der Waals surface area contributed by atoms with E-state index >= 15 is 0 Å². The number of hydrogen-bond acceptors (Lipinski definition) is 1. The summed E-state index contributed by atoms with van der Waals surface area (Å²) in [6, 6.07) is 2.10. The van der Waals surface area contributed by atoms with Crippen LogP contribution in [-0.4, -0.2) is 9.38 Å². The van der Waals surface area contributed by atoms with Crippen molar-refractivity contribution in [3.05, 3.63) is 34.7 Å². The molecule has 2 rings (SSSR count). The van der Waals surface area contributed by atoms with E-state index in [1.807, 2.05) is 0 Å². The lowest BCUT2D eigenvalue weighted by atomic mass is 10.4. The number of aromatic nitrogens is 2. The largest absolute Gasteiger partial charge is 0.272 e. The second kappa shape index (κ2) is 2.52. The van der Waals surface area contributed by atoms with Crippen LogP contribution >= 0.6 is 15.9 Å². The Hall–Kier alpha value is -0.970. The topological polar surface area (TPSA) is 17.3 Å². The van der Waals surface area contributed by atoms with Gasteiger partial charge < -0.3 is 0 Å². The molecule has 0 amide bonds. The number of halogens is 3. The molecule has 2 aromatic heterocycles. The summed E-state index contributed by atoms with van der Waals surface area (Å²) in [5, 5.41) is 0. The minimum atomic E-state index is -0.540. The molecule has 2 nitrogen and oxygen atoms in total. The van der Waals surface area contributed by atoms with Crippen LogP contribution in [-0.2, 0) is 0 Å². The van der Waals surface area contributed by atoms with Gasteiger partial charge in [0.2, 0.25) is 0 Å². The Bertz CT molecular complexity index is 399. The third-order valence-electron chi connectivity index (χ3n) is 1.49. The van der Waals surface area contributed by atoms with Gasteiger partial charge in [0.05, 0.1) is 0 Å². The van der Waals surface area contributed by atoms with Gasteiger partial charge in [-0.05, 0) is 28.1 Å². The maximum atomic E-state index is 12.9. The second-order valence-corrected chi connectivity index (χ2v) is 3.07. The lowest BCUT2D eigenvalue weighted by molar-refractivity contribution is 0.551. The Labute approximate surface area is 75.0 Å². The summed E-state index contributed by atoms with van der Waals surface area (Å²) in [6.45, 7) is 0. The van der Waals surface area contributed by atoms with Crippen molar-refractivity contribution in [3.8, 4) is 0 Å². The van der Waals surface area contributed by atoms with Crippen LogP contribution < -0.4 is 0 Å². The minimum absolute atomic E-state index is 0.0122. The molecule has 0 fully saturated rings. The third kappa shape index (κ3) is 1.01. The standard InChI is InChI=1S/C7H3BrF2N2/c8-5-3-12-6(10)2-1-4(9)7(12)11-5/h1-3H. The first-order chi connectivity index (χ1) is 5.68. The van der Waals surface area contributed by atoms with Gasteiger partial charge in [0.1, 0.15) is 4.60 Å². The summed E-state index contributed by atoms with van der Waals surface area (Å²) in [5.41, 5.74) is -0.0122. The first kappa shape index (κ1) is 7.67. The van der Waals surface area contributed by atoms with Crippen molar-refractivity contribution >= 4 is 21.6 Å². The van der Waals surface area contributed by atoms with Crippen LogP contribution in [0.15, 0.2) is 22.9 Å². The molecular formula is C7H3BrF2N2. The number of nitrogens with zero attached hydrogens (tertiary/aromatic N) is 2. The zero-order chi connectivity index (χ0) is 8.72. The van der Waals surface area contributed by atoms with Crippen LogP contribution in [0.5, 0.6) is 0 Å². The average Bonchev–Trinajstić information content (AvgIpc) is 2.41. The molecule has 0 bridgehead atoms. The summed E-state index contributed by atoms with van der Waals surface area (Å²) < 4.78 is 27.3. The molecular weight excluding hydrogens is 230 g/mol. The lowest BCUT2D eigenvalue weighted by Crippen LogP contribution is -1.92.